The molecule has 2 rings (SSSR count). The summed E-state index contributed by atoms with van der Waals surface area (Å²) in [5.41, 5.74) is 2.66. The molecule has 0 bridgehead atoms. The Morgan fingerprint density at radius 3 is 2.48 bits per heavy atom. The second kappa shape index (κ2) is 8.45. The van der Waals surface area contributed by atoms with Crippen LogP contribution in [0, 0.1) is 6.92 Å². The smallest absolute Gasteiger partial charge is 0.447 e. The average molecular weight is 323 g/mol. The second-order valence-electron chi connectivity index (χ2n) is 4.59. The van der Waals surface area contributed by atoms with Crippen molar-refractivity contribution in [3.05, 3.63) is 47.3 Å². The molecule has 0 amide bonds. The van der Waals surface area contributed by atoms with E-state index >= 15 is 0 Å². The molecule has 0 aliphatic heterocycles. The second-order valence-corrected chi connectivity index (χ2v) is 4.59. The quantitative estimate of drug-likeness (QED) is 0.676. The molecule has 0 spiro atoms. The first kappa shape index (κ1) is 18.9. The van der Waals surface area contributed by atoms with Crippen molar-refractivity contribution in [2.45, 2.75) is 20.1 Å². The van der Waals surface area contributed by atoms with Gasteiger partial charge in [0.25, 0.3) is 0 Å². The number of benzene rings is 1. The number of rotatable bonds is 6. The normalized spacial score (nSPS) is 11.2. The molecule has 4 nitrogen and oxygen atoms in total. The molecule has 0 N–H and O–H groups in total. The fraction of sp³-hybridized carbons (Fsp3) is 0.333. The van der Waals surface area contributed by atoms with Crippen LogP contribution in [0.4, 0.5) is 12.9 Å². The number of nitrogens with zero attached hydrogens (tertiary/aromatic N) is 3. The van der Waals surface area contributed by atoms with Crippen molar-refractivity contribution < 1.29 is 69.1 Å². The molecule has 0 saturated carbocycles. The van der Waals surface area contributed by atoms with Gasteiger partial charge in [0.2, 0.25) is 0 Å². The maximum Gasteiger partial charge on any atom is 1.00 e. The van der Waals surface area contributed by atoms with E-state index in [2.05, 4.69) is 15.0 Å². The van der Waals surface area contributed by atoms with E-state index in [1.807, 2.05) is 31.2 Å². The third-order valence-corrected chi connectivity index (χ3v) is 2.71. The molecular weight excluding hydrogens is 309 g/mol. The minimum absolute atomic E-state index is 0. The molecule has 1 aromatic heterocycles. The Hall–Kier alpha value is -0.189. The maximum atomic E-state index is 12.1. The van der Waals surface area contributed by atoms with Gasteiger partial charge in [-0.05, 0) is 12.5 Å². The molecule has 1 aromatic carbocycles. The van der Waals surface area contributed by atoms with Crippen molar-refractivity contribution in [3.8, 4) is 0 Å². The average Bonchev–Trinajstić information content (AvgIpc) is 2.78. The summed E-state index contributed by atoms with van der Waals surface area (Å²) in [6.07, 6.45) is 1.41. The van der Waals surface area contributed by atoms with Crippen molar-refractivity contribution in [3.63, 3.8) is 0 Å². The van der Waals surface area contributed by atoms with Gasteiger partial charge in [-0.1, -0.05) is 35.0 Å². The predicted molar refractivity (Wildman–Crippen MR) is 69.0 cm³/mol. The Balaban J connectivity index is 0.00000220. The van der Waals surface area contributed by atoms with Gasteiger partial charge in [0.15, 0.2) is 0 Å². The minimum Gasteiger partial charge on any atom is -0.447 e. The number of hydrogen-bond donors (Lipinski definition) is 0. The fourth-order valence-corrected chi connectivity index (χ4v) is 1.69. The van der Waals surface area contributed by atoms with Crippen molar-refractivity contribution in [1.29, 1.82) is 0 Å². The zero-order chi connectivity index (χ0) is 14.6. The van der Waals surface area contributed by atoms with Gasteiger partial charge in [-0.2, -0.15) is 0 Å². The van der Waals surface area contributed by atoms with Gasteiger partial charge in [-0.15, -0.1) is 5.10 Å². The summed E-state index contributed by atoms with van der Waals surface area (Å²) < 4.78 is 42.4. The van der Waals surface area contributed by atoms with E-state index in [1.54, 1.807) is 0 Å². The topological polar surface area (TPSA) is 39.9 Å². The number of ether oxygens (including phenoxy) is 1. The Kier molecular flexibility index (Phi) is 7.58. The van der Waals surface area contributed by atoms with E-state index in [9.17, 15) is 12.9 Å². The number of halogens is 3. The van der Waals surface area contributed by atoms with E-state index in [-0.39, 0.29) is 58.0 Å². The zero-order valence-corrected chi connectivity index (χ0v) is 15.1. The van der Waals surface area contributed by atoms with Gasteiger partial charge in [0.1, 0.15) is 0 Å². The Morgan fingerprint density at radius 1 is 1.19 bits per heavy atom. The summed E-state index contributed by atoms with van der Waals surface area (Å²) in [6, 6.07) is 7.82. The molecule has 9 heteroatoms. The van der Waals surface area contributed by atoms with Crippen LogP contribution in [0.3, 0.4) is 0 Å². The van der Waals surface area contributed by atoms with Crippen LogP contribution in [0.15, 0.2) is 30.5 Å². The van der Waals surface area contributed by atoms with Crippen LogP contribution in [-0.2, 0) is 17.9 Å². The van der Waals surface area contributed by atoms with Crippen LogP contribution in [0.25, 0.3) is 0 Å². The fourth-order valence-electron chi connectivity index (χ4n) is 1.69. The molecule has 2 aromatic rings. The SMILES string of the molecule is Cc1ccc(Cn2nncc2COC[B-](F)(F)F)cc1.[K+]. The summed E-state index contributed by atoms with van der Waals surface area (Å²) >= 11 is 0. The molecule has 0 fully saturated rings. The van der Waals surface area contributed by atoms with E-state index in [0.29, 0.717) is 12.2 Å². The summed E-state index contributed by atoms with van der Waals surface area (Å²) in [5.74, 6) is 0. The third-order valence-electron chi connectivity index (χ3n) is 2.71. The predicted octanol–water partition coefficient (Wildman–Crippen LogP) is -0.458. The number of hydrogen-bond acceptors (Lipinski definition) is 3. The van der Waals surface area contributed by atoms with Crippen LogP contribution < -0.4 is 51.4 Å². The minimum atomic E-state index is -4.93. The van der Waals surface area contributed by atoms with Gasteiger partial charge < -0.3 is 17.7 Å². The van der Waals surface area contributed by atoms with Crippen LogP contribution in [-0.4, -0.2) is 28.5 Å². The largest absolute Gasteiger partial charge is 1.00 e. The summed E-state index contributed by atoms with van der Waals surface area (Å²) in [6.45, 7) is -3.85. The van der Waals surface area contributed by atoms with Gasteiger partial charge in [-0.3, -0.25) is 0 Å². The molecule has 0 saturated heterocycles. The molecule has 0 atom stereocenters. The van der Waals surface area contributed by atoms with E-state index in [0.717, 1.165) is 11.1 Å². The van der Waals surface area contributed by atoms with Gasteiger partial charge in [0.05, 0.1) is 25.0 Å². The van der Waals surface area contributed by atoms with Gasteiger partial charge in [0, 0.05) is 6.51 Å². The molecule has 1 heterocycles. The Labute approximate surface area is 163 Å². The molecule has 0 unspecified atom stereocenters. The third kappa shape index (κ3) is 6.62. The first-order chi connectivity index (χ1) is 9.44. The Morgan fingerprint density at radius 2 is 1.86 bits per heavy atom. The summed E-state index contributed by atoms with van der Waals surface area (Å²) in [5, 5.41) is 7.57. The summed E-state index contributed by atoms with van der Waals surface area (Å²) in [7, 11) is 0. The first-order valence-electron chi connectivity index (χ1n) is 6.16. The van der Waals surface area contributed by atoms with E-state index in [1.165, 1.54) is 10.9 Å². The van der Waals surface area contributed by atoms with Gasteiger partial charge in [-0.25, -0.2) is 4.68 Å². The monoisotopic (exact) mass is 323 g/mol. The number of aryl methyl sites for hydroxylation is 1. The standard InChI is InChI=1S/C12H14BF3N3O.K/c1-10-2-4-11(5-3-10)7-19-12(6-17-18-19)8-20-9-13(14,15)16;/h2-6H,7-9H2,1H3;/q-1;+1. The molecule has 0 aliphatic carbocycles. The van der Waals surface area contributed by atoms with Crippen molar-refractivity contribution in [1.82, 2.24) is 15.0 Å². The molecule has 108 valence electrons. The van der Waals surface area contributed by atoms with Gasteiger partial charge >= 0.3 is 58.4 Å². The molecule has 0 aliphatic rings. The van der Waals surface area contributed by atoms with E-state index in [4.69, 9.17) is 0 Å². The molecular formula is C12H14BF3KN3O. The van der Waals surface area contributed by atoms with Crippen LogP contribution in [0.2, 0.25) is 0 Å². The summed E-state index contributed by atoms with van der Waals surface area (Å²) in [4.78, 5) is 0. The van der Waals surface area contributed by atoms with Crippen molar-refractivity contribution in [2.75, 3.05) is 6.51 Å². The first-order valence-corrected chi connectivity index (χ1v) is 6.16. The van der Waals surface area contributed by atoms with Crippen LogP contribution in [0.5, 0.6) is 0 Å². The van der Waals surface area contributed by atoms with Crippen molar-refractivity contribution >= 4 is 6.98 Å². The van der Waals surface area contributed by atoms with E-state index < -0.39 is 13.5 Å². The molecule has 0 radical (unpaired) electrons. The zero-order valence-electron chi connectivity index (χ0n) is 12.0. The van der Waals surface area contributed by atoms with Crippen LogP contribution in [0.1, 0.15) is 16.8 Å². The van der Waals surface area contributed by atoms with Crippen molar-refractivity contribution in [2.24, 2.45) is 0 Å². The Bertz CT molecular complexity index is 560. The molecule has 21 heavy (non-hydrogen) atoms. The maximum absolute atomic E-state index is 12.1. The number of aromatic nitrogens is 3. The van der Waals surface area contributed by atoms with Crippen LogP contribution >= 0.6 is 0 Å².